The Morgan fingerprint density at radius 2 is 1.37 bits per heavy atom. The second-order valence-electron chi connectivity index (χ2n) is 7.09. The van der Waals surface area contributed by atoms with Crippen LogP contribution in [0.4, 0.5) is 31.8 Å². The number of carbonyl (C=O) groups excluding carboxylic acids is 1. The molecule has 0 unspecified atom stereocenters. The fraction of sp³-hybridized carbons (Fsp3) is 0. The van der Waals surface area contributed by atoms with Gasteiger partial charge >= 0.3 is 0 Å². The molecular weight excluding hydrogens is 514 g/mol. The summed E-state index contributed by atoms with van der Waals surface area (Å²) < 4.78 is 39.0. The molecule has 38 heavy (non-hydrogen) atoms. The standard InChI is InChI=1S/C21H12F2N8O7/c22-12-5-10(30(33)34)1-3-14(12)37-18-7-16(25-9-26-18)27-17-8-19(29-21(28-17)20(24)32)38-15-4-2-11(31(35)36)6-13(15)23/h1-9H,(H2,24,32)(H,25,26,27,28,29). The third-order valence-electron chi connectivity index (χ3n) is 4.50. The van der Waals surface area contributed by atoms with Gasteiger partial charge in [-0.25, -0.2) is 23.7 Å². The number of benzene rings is 2. The molecule has 1 amide bonds. The summed E-state index contributed by atoms with van der Waals surface area (Å²) in [7, 11) is 0. The molecule has 15 nitrogen and oxygen atoms in total. The highest BCUT2D eigenvalue weighted by molar-refractivity contribution is 5.89. The fourth-order valence-electron chi connectivity index (χ4n) is 2.84. The summed E-state index contributed by atoms with van der Waals surface area (Å²) >= 11 is 0. The Balaban J connectivity index is 1.58. The number of nitro benzene ring substituents is 2. The molecular formula is C21H12F2N8O7. The zero-order chi connectivity index (χ0) is 27.4. The third kappa shape index (κ3) is 5.85. The number of amides is 1. The Kier molecular flexibility index (Phi) is 6.90. The van der Waals surface area contributed by atoms with E-state index >= 15 is 0 Å². The van der Waals surface area contributed by atoms with Gasteiger partial charge in [-0.2, -0.15) is 4.98 Å². The number of nitrogens with zero attached hydrogens (tertiary/aromatic N) is 6. The number of primary amides is 1. The Bertz CT molecular complexity index is 1590. The fourth-order valence-corrected chi connectivity index (χ4v) is 2.84. The van der Waals surface area contributed by atoms with E-state index in [1.807, 2.05) is 0 Å². The number of halogens is 2. The highest BCUT2D eigenvalue weighted by Crippen LogP contribution is 2.30. The quantitative estimate of drug-likeness (QED) is 0.235. The van der Waals surface area contributed by atoms with Crippen LogP contribution in [-0.2, 0) is 0 Å². The van der Waals surface area contributed by atoms with E-state index in [0.29, 0.717) is 12.1 Å². The van der Waals surface area contributed by atoms with Gasteiger partial charge in [0, 0.05) is 24.3 Å². The van der Waals surface area contributed by atoms with Crippen LogP contribution in [0.2, 0.25) is 0 Å². The maximum Gasteiger partial charge on any atom is 0.286 e. The Labute approximate surface area is 209 Å². The predicted molar refractivity (Wildman–Crippen MR) is 122 cm³/mol. The molecule has 0 spiro atoms. The number of nitrogens with one attached hydrogen (secondary N) is 1. The van der Waals surface area contributed by atoms with E-state index in [9.17, 15) is 33.8 Å². The molecule has 0 saturated heterocycles. The summed E-state index contributed by atoms with van der Waals surface area (Å²) in [4.78, 5) is 47.1. The van der Waals surface area contributed by atoms with Crippen LogP contribution in [0.25, 0.3) is 0 Å². The monoisotopic (exact) mass is 526 g/mol. The molecule has 3 N–H and O–H groups in total. The minimum atomic E-state index is -1.07. The Morgan fingerprint density at radius 3 is 1.89 bits per heavy atom. The Morgan fingerprint density at radius 1 is 0.816 bits per heavy atom. The van der Waals surface area contributed by atoms with E-state index in [-0.39, 0.29) is 29.1 Å². The first-order chi connectivity index (χ1) is 18.1. The number of ether oxygens (including phenoxy) is 2. The van der Waals surface area contributed by atoms with Crippen molar-refractivity contribution in [3.05, 3.63) is 92.5 Å². The number of nitrogens with two attached hydrogens (primary N) is 1. The zero-order valence-electron chi connectivity index (χ0n) is 18.6. The summed E-state index contributed by atoms with van der Waals surface area (Å²) in [6.45, 7) is 0. The van der Waals surface area contributed by atoms with Crippen LogP contribution in [0.1, 0.15) is 10.6 Å². The molecule has 192 valence electrons. The maximum absolute atomic E-state index is 14.2. The molecule has 4 aromatic rings. The number of anilines is 2. The van der Waals surface area contributed by atoms with Crippen LogP contribution in [0, 0.1) is 31.9 Å². The van der Waals surface area contributed by atoms with E-state index in [1.165, 1.54) is 6.07 Å². The lowest BCUT2D eigenvalue weighted by atomic mass is 10.3. The number of rotatable bonds is 9. The lowest BCUT2D eigenvalue weighted by Gasteiger charge is -2.11. The van der Waals surface area contributed by atoms with Gasteiger partial charge in [-0.3, -0.25) is 25.0 Å². The van der Waals surface area contributed by atoms with Crippen molar-refractivity contribution < 1.29 is 32.9 Å². The largest absolute Gasteiger partial charge is 0.436 e. The van der Waals surface area contributed by atoms with Crippen LogP contribution in [0.5, 0.6) is 23.3 Å². The molecule has 0 radical (unpaired) electrons. The molecule has 17 heteroatoms. The van der Waals surface area contributed by atoms with Crippen molar-refractivity contribution >= 4 is 28.9 Å². The number of hydrogen-bond donors (Lipinski definition) is 2. The number of non-ortho nitro benzene ring substituents is 2. The highest BCUT2D eigenvalue weighted by Gasteiger charge is 2.17. The molecule has 0 aliphatic carbocycles. The highest BCUT2D eigenvalue weighted by atomic mass is 19.1. The van der Waals surface area contributed by atoms with Crippen molar-refractivity contribution in [3.63, 3.8) is 0 Å². The van der Waals surface area contributed by atoms with Gasteiger partial charge in [0.2, 0.25) is 17.6 Å². The second-order valence-corrected chi connectivity index (χ2v) is 7.09. The van der Waals surface area contributed by atoms with E-state index in [2.05, 4.69) is 25.3 Å². The van der Waals surface area contributed by atoms with Crippen LogP contribution < -0.4 is 20.5 Å². The average molecular weight is 526 g/mol. The van der Waals surface area contributed by atoms with E-state index in [1.54, 1.807) is 0 Å². The topological polar surface area (TPSA) is 211 Å². The molecule has 0 saturated carbocycles. The number of aromatic nitrogens is 4. The van der Waals surface area contributed by atoms with E-state index < -0.39 is 50.3 Å². The van der Waals surface area contributed by atoms with Gasteiger partial charge in [-0.1, -0.05) is 0 Å². The SMILES string of the molecule is NC(=O)c1nc(Nc2cc(Oc3ccc([N+](=O)[O-])cc3F)ncn2)cc(Oc2ccc([N+](=O)[O-])cc2F)n1. The first kappa shape index (κ1) is 25.2. The summed E-state index contributed by atoms with van der Waals surface area (Å²) in [6.07, 6.45) is 1.04. The smallest absolute Gasteiger partial charge is 0.286 e. The van der Waals surface area contributed by atoms with Crippen molar-refractivity contribution in [1.29, 1.82) is 0 Å². The van der Waals surface area contributed by atoms with Crippen molar-refractivity contribution in [1.82, 2.24) is 19.9 Å². The first-order valence-electron chi connectivity index (χ1n) is 10.1. The number of hydrogen-bond acceptors (Lipinski definition) is 12. The molecule has 0 aliphatic heterocycles. The summed E-state index contributed by atoms with van der Waals surface area (Å²) in [6, 6.07) is 7.77. The predicted octanol–water partition coefficient (Wildman–Crippen LogP) is 3.79. The van der Waals surface area contributed by atoms with Crippen LogP contribution in [-0.4, -0.2) is 35.7 Å². The summed E-state index contributed by atoms with van der Waals surface area (Å²) in [5.41, 5.74) is 4.28. The van der Waals surface area contributed by atoms with Gasteiger partial charge in [-0.15, -0.1) is 0 Å². The maximum atomic E-state index is 14.2. The minimum Gasteiger partial charge on any atom is -0.436 e. The van der Waals surface area contributed by atoms with Gasteiger partial charge in [0.1, 0.15) is 18.0 Å². The molecule has 2 heterocycles. The summed E-state index contributed by atoms with van der Waals surface area (Å²) in [5, 5.41) is 24.3. The average Bonchev–Trinajstić information content (AvgIpc) is 2.86. The molecule has 0 bridgehead atoms. The van der Waals surface area contributed by atoms with Gasteiger partial charge < -0.3 is 20.5 Å². The lowest BCUT2D eigenvalue weighted by molar-refractivity contribution is -0.385. The molecule has 0 fully saturated rings. The molecule has 2 aromatic carbocycles. The molecule has 2 aromatic heterocycles. The van der Waals surface area contributed by atoms with Crippen LogP contribution >= 0.6 is 0 Å². The molecule has 0 aliphatic rings. The number of nitro groups is 2. The van der Waals surface area contributed by atoms with Crippen molar-refractivity contribution in [2.45, 2.75) is 0 Å². The lowest BCUT2D eigenvalue weighted by Crippen LogP contribution is -2.16. The van der Waals surface area contributed by atoms with Crippen LogP contribution in [0.15, 0.2) is 54.9 Å². The van der Waals surface area contributed by atoms with Crippen molar-refractivity contribution in [3.8, 4) is 23.3 Å². The Hall–Kier alpha value is -5.87. The van der Waals surface area contributed by atoms with Gasteiger partial charge in [0.25, 0.3) is 17.3 Å². The van der Waals surface area contributed by atoms with E-state index in [0.717, 1.165) is 36.7 Å². The minimum absolute atomic E-state index is 0.0268. The summed E-state index contributed by atoms with van der Waals surface area (Å²) in [5.74, 6) is -5.01. The van der Waals surface area contributed by atoms with Gasteiger partial charge in [0.05, 0.1) is 22.0 Å². The number of carbonyl (C=O) groups is 1. The van der Waals surface area contributed by atoms with Crippen molar-refractivity contribution in [2.24, 2.45) is 5.73 Å². The molecule has 4 rings (SSSR count). The first-order valence-corrected chi connectivity index (χ1v) is 10.1. The van der Waals surface area contributed by atoms with Crippen molar-refractivity contribution in [2.75, 3.05) is 5.32 Å². The van der Waals surface area contributed by atoms with Gasteiger partial charge in [-0.05, 0) is 12.1 Å². The van der Waals surface area contributed by atoms with Crippen LogP contribution in [0.3, 0.4) is 0 Å². The van der Waals surface area contributed by atoms with Gasteiger partial charge in [0.15, 0.2) is 23.1 Å². The third-order valence-corrected chi connectivity index (χ3v) is 4.50. The zero-order valence-corrected chi connectivity index (χ0v) is 18.6. The second kappa shape index (κ2) is 10.4. The van der Waals surface area contributed by atoms with E-state index in [4.69, 9.17) is 15.2 Å². The molecule has 0 atom stereocenters. The normalized spacial score (nSPS) is 10.5.